The lowest BCUT2D eigenvalue weighted by Crippen LogP contribution is -2.38. The van der Waals surface area contributed by atoms with Gasteiger partial charge in [-0.25, -0.2) is 0 Å². The minimum Gasteiger partial charge on any atom is -0.356 e. The molecule has 1 aliphatic carbocycles. The molecule has 3 heteroatoms. The summed E-state index contributed by atoms with van der Waals surface area (Å²) in [5, 5.41) is 6.68. The molecule has 1 unspecified atom stereocenters. The molecule has 18 heavy (non-hydrogen) atoms. The predicted octanol–water partition coefficient (Wildman–Crippen LogP) is 2.61. The summed E-state index contributed by atoms with van der Waals surface area (Å²) in [5.41, 5.74) is 0. The molecule has 0 spiro atoms. The zero-order valence-corrected chi connectivity index (χ0v) is 11.5. The number of amides is 1. The Hall–Kier alpha value is -0.570. The van der Waals surface area contributed by atoms with Gasteiger partial charge in [-0.15, -0.1) is 0 Å². The molecule has 1 atom stereocenters. The molecule has 104 valence electrons. The van der Waals surface area contributed by atoms with Crippen molar-refractivity contribution in [3.63, 3.8) is 0 Å². The fraction of sp³-hybridized carbons (Fsp3) is 0.933. The molecule has 2 rings (SSSR count). The van der Waals surface area contributed by atoms with Crippen molar-refractivity contribution in [3.8, 4) is 0 Å². The van der Waals surface area contributed by atoms with Gasteiger partial charge in [-0.2, -0.15) is 0 Å². The second-order valence-corrected chi connectivity index (χ2v) is 5.92. The summed E-state index contributed by atoms with van der Waals surface area (Å²) in [6.45, 7) is 2.01. The van der Waals surface area contributed by atoms with Crippen molar-refractivity contribution < 1.29 is 4.79 Å². The lowest BCUT2D eigenvalue weighted by molar-refractivity contribution is -0.125. The van der Waals surface area contributed by atoms with Crippen LogP contribution < -0.4 is 10.6 Å². The Morgan fingerprint density at radius 3 is 2.39 bits per heavy atom. The van der Waals surface area contributed by atoms with Crippen molar-refractivity contribution in [2.75, 3.05) is 13.1 Å². The maximum Gasteiger partial charge on any atom is 0.223 e. The van der Waals surface area contributed by atoms with Crippen LogP contribution in [-0.4, -0.2) is 25.0 Å². The number of piperidine rings is 1. The van der Waals surface area contributed by atoms with Crippen LogP contribution in [0.1, 0.15) is 64.2 Å². The first-order chi connectivity index (χ1) is 8.86. The van der Waals surface area contributed by atoms with E-state index in [2.05, 4.69) is 10.6 Å². The van der Waals surface area contributed by atoms with Crippen molar-refractivity contribution in [1.82, 2.24) is 10.6 Å². The first kappa shape index (κ1) is 13.9. The van der Waals surface area contributed by atoms with Crippen LogP contribution in [0.2, 0.25) is 0 Å². The van der Waals surface area contributed by atoms with E-state index in [1.165, 1.54) is 44.9 Å². The van der Waals surface area contributed by atoms with E-state index in [0.29, 0.717) is 17.9 Å². The summed E-state index contributed by atoms with van der Waals surface area (Å²) >= 11 is 0. The SMILES string of the molecule is O=C(NCCC1CCCCN1)C1CCCCCC1. The maximum absolute atomic E-state index is 12.1. The second kappa shape index (κ2) is 7.78. The topological polar surface area (TPSA) is 41.1 Å². The van der Waals surface area contributed by atoms with Gasteiger partial charge in [-0.3, -0.25) is 4.79 Å². The number of nitrogens with one attached hydrogen (secondary N) is 2. The van der Waals surface area contributed by atoms with Crippen LogP contribution in [0, 0.1) is 5.92 Å². The van der Waals surface area contributed by atoms with Crippen LogP contribution in [0.3, 0.4) is 0 Å². The first-order valence-corrected chi connectivity index (χ1v) is 7.87. The normalized spacial score (nSPS) is 26.6. The average molecular weight is 252 g/mol. The monoisotopic (exact) mass is 252 g/mol. The lowest BCUT2D eigenvalue weighted by atomic mass is 9.99. The van der Waals surface area contributed by atoms with Crippen molar-refractivity contribution in [3.05, 3.63) is 0 Å². The summed E-state index contributed by atoms with van der Waals surface area (Å²) in [6, 6.07) is 0.633. The molecule has 0 aromatic heterocycles. The van der Waals surface area contributed by atoms with Crippen LogP contribution in [0.25, 0.3) is 0 Å². The van der Waals surface area contributed by atoms with E-state index in [0.717, 1.165) is 32.4 Å². The molecule has 1 amide bonds. The molecule has 2 N–H and O–H groups in total. The fourth-order valence-corrected chi connectivity index (χ4v) is 3.23. The van der Waals surface area contributed by atoms with Gasteiger partial charge in [0, 0.05) is 18.5 Å². The molecule has 3 nitrogen and oxygen atoms in total. The Labute approximate surface area is 111 Å². The summed E-state index contributed by atoms with van der Waals surface area (Å²) in [5.74, 6) is 0.611. The number of rotatable bonds is 4. The maximum atomic E-state index is 12.1. The Kier molecular flexibility index (Phi) is 5.98. The highest BCUT2D eigenvalue weighted by molar-refractivity contribution is 5.78. The third-order valence-corrected chi connectivity index (χ3v) is 4.43. The molecule has 1 saturated carbocycles. The Balaban J connectivity index is 1.61. The first-order valence-electron chi connectivity index (χ1n) is 7.87. The Bertz CT molecular complexity index is 241. The minimum atomic E-state index is 0.298. The molecular formula is C15H28N2O. The summed E-state index contributed by atoms with van der Waals surface area (Å²) in [7, 11) is 0. The standard InChI is InChI=1S/C15H28N2O/c18-15(13-7-3-1-2-4-8-13)17-12-10-14-9-5-6-11-16-14/h13-14,16H,1-12H2,(H,17,18). The van der Waals surface area contributed by atoms with E-state index in [9.17, 15) is 4.79 Å². The van der Waals surface area contributed by atoms with Gasteiger partial charge in [0.25, 0.3) is 0 Å². The molecule has 1 heterocycles. The van der Waals surface area contributed by atoms with E-state index in [1.54, 1.807) is 0 Å². The van der Waals surface area contributed by atoms with Crippen LogP contribution in [0.4, 0.5) is 0 Å². The van der Waals surface area contributed by atoms with Gasteiger partial charge in [-0.1, -0.05) is 32.1 Å². The van der Waals surface area contributed by atoms with E-state index >= 15 is 0 Å². The molecule has 1 saturated heterocycles. The molecule has 0 bridgehead atoms. The Morgan fingerprint density at radius 1 is 1.00 bits per heavy atom. The highest BCUT2D eigenvalue weighted by Crippen LogP contribution is 2.22. The number of carbonyl (C=O) groups is 1. The highest BCUT2D eigenvalue weighted by Gasteiger charge is 2.20. The zero-order chi connectivity index (χ0) is 12.6. The molecular weight excluding hydrogens is 224 g/mol. The highest BCUT2D eigenvalue weighted by atomic mass is 16.1. The van der Waals surface area contributed by atoms with Gasteiger partial charge in [0.15, 0.2) is 0 Å². The average Bonchev–Trinajstić information content (AvgIpc) is 2.69. The third-order valence-electron chi connectivity index (χ3n) is 4.43. The smallest absolute Gasteiger partial charge is 0.223 e. The van der Waals surface area contributed by atoms with Gasteiger partial charge in [0.2, 0.25) is 5.91 Å². The van der Waals surface area contributed by atoms with Crippen LogP contribution in [-0.2, 0) is 4.79 Å². The van der Waals surface area contributed by atoms with E-state index in [-0.39, 0.29) is 0 Å². The number of hydrogen-bond acceptors (Lipinski definition) is 2. The molecule has 1 aliphatic heterocycles. The second-order valence-electron chi connectivity index (χ2n) is 5.92. The molecule has 2 fully saturated rings. The summed E-state index contributed by atoms with van der Waals surface area (Å²) < 4.78 is 0. The van der Waals surface area contributed by atoms with Crippen molar-refractivity contribution in [1.29, 1.82) is 0 Å². The fourth-order valence-electron chi connectivity index (χ4n) is 3.23. The Morgan fingerprint density at radius 2 is 1.72 bits per heavy atom. The number of carbonyl (C=O) groups excluding carboxylic acids is 1. The van der Waals surface area contributed by atoms with Crippen molar-refractivity contribution in [2.24, 2.45) is 5.92 Å². The zero-order valence-electron chi connectivity index (χ0n) is 11.5. The predicted molar refractivity (Wildman–Crippen MR) is 74.5 cm³/mol. The van der Waals surface area contributed by atoms with Gasteiger partial charge < -0.3 is 10.6 Å². The molecule has 0 aromatic carbocycles. The van der Waals surface area contributed by atoms with Gasteiger partial charge in [0.05, 0.1) is 0 Å². The van der Waals surface area contributed by atoms with E-state index in [1.807, 2.05) is 0 Å². The number of hydrogen-bond donors (Lipinski definition) is 2. The molecule has 2 aliphatic rings. The van der Waals surface area contributed by atoms with Gasteiger partial charge in [0.1, 0.15) is 0 Å². The lowest BCUT2D eigenvalue weighted by Gasteiger charge is -2.23. The van der Waals surface area contributed by atoms with Crippen molar-refractivity contribution in [2.45, 2.75) is 70.3 Å². The van der Waals surface area contributed by atoms with Gasteiger partial charge >= 0.3 is 0 Å². The third kappa shape index (κ3) is 4.60. The largest absolute Gasteiger partial charge is 0.356 e. The minimum absolute atomic E-state index is 0.298. The van der Waals surface area contributed by atoms with Gasteiger partial charge in [-0.05, 0) is 38.6 Å². The van der Waals surface area contributed by atoms with Crippen LogP contribution in [0.5, 0.6) is 0 Å². The quantitative estimate of drug-likeness (QED) is 0.755. The summed E-state index contributed by atoms with van der Waals surface area (Å²) in [4.78, 5) is 12.1. The van der Waals surface area contributed by atoms with E-state index in [4.69, 9.17) is 0 Å². The summed E-state index contributed by atoms with van der Waals surface area (Å²) in [6.07, 6.45) is 12.3. The van der Waals surface area contributed by atoms with Crippen molar-refractivity contribution >= 4 is 5.91 Å². The van der Waals surface area contributed by atoms with Crippen LogP contribution in [0.15, 0.2) is 0 Å². The molecule has 0 radical (unpaired) electrons. The molecule has 0 aromatic rings. The van der Waals surface area contributed by atoms with E-state index < -0.39 is 0 Å². The van der Waals surface area contributed by atoms with Crippen LogP contribution >= 0.6 is 0 Å².